The number of halogens is 1. The molecule has 0 unspecified atom stereocenters. The second kappa shape index (κ2) is 6.77. The van der Waals surface area contributed by atoms with Crippen LogP contribution in [0.2, 0.25) is 5.02 Å². The van der Waals surface area contributed by atoms with Gasteiger partial charge in [-0.15, -0.1) is 0 Å². The van der Waals surface area contributed by atoms with Gasteiger partial charge in [0.1, 0.15) is 0 Å². The van der Waals surface area contributed by atoms with Crippen molar-refractivity contribution in [1.29, 1.82) is 0 Å². The van der Waals surface area contributed by atoms with Gasteiger partial charge in [-0.05, 0) is 48.7 Å². The molecule has 1 aliphatic rings. The number of para-hydroxylation sites is 1. The van der Waals surface area contributed by atoms with Gasteiger partial charge in [-0.2, -0.15) is 0 Å². The number of rotatable bonds is 3. The highest BCUT2D eigenvalue weighted by Gasteiger charge is 2.25. The summed E-state index contributed by atoms with van der Waals surface area (Å²) in [6, 6.07) is 13.5. The average molecular weight is 365 g/mol. The number of hydrogen-bond acceptors (Lipinski definition) is 4. The van der Waals surface area contributed by atoms with Crippen LogP contribution < -0.4 is 10.2 Å². The number of amides is 1. The standard InChI is InChI=1S/C20H17ClN4O/c1-13-10-16(21)6-7-17(13)24-20-22-11-15(12-23-20)19(26)25-9-8-14-4-2-3-5-18(14)25/h2-7,10-12H,8-9H2,1H3,(H,22,23,24). The van der Waals surface area contributed by atoms with Crippen LogP contribution in [0.5, 0.6) is 0 Å². The van der Waals surface area contributed by atoms with Crippen LogP contribution in [0.1, 0.15) is 21.5 Å². The number of aryl methyl sites for hydroxylation is 1. The number of carbonyl (C=O) groups excluding carboxylic acids is 1. The SMILES string of the molecule is Cc1cc(Cl)ccc1Nc1ncc(C(=O)N2CCc3ccccc32)cn1. The van der Waals surface area contributed by atoms with Crippen molar-refractivity contribution in [2.75, 3.05) is 16.8 Å². The molecule has 0 spiro atoms. The molecular formula is C20H17ClN4O. The molecule has 1 amide bonds. The first-order valence-corrected chi connectivity index (χ1v) is 8.74. The molecule has 1 aromatic heterocycles. The Morgan fingerprint density at radius 2 is 1.92 bits per heavy atom. The molecule has 0 aliphatic carbocycles. The predicted molar refractivity (Wildman–Crippen MR) is 103 cm³/mol. The van der Waals surface area contributed by atoms with E-state index in [1.807, 2.05) is 37.3 Å². The molecule has 1 aliphatic heterocycles. The van der Waals surface area contributed by atoms with Gasteiger partial charge in [0.2, 0.25) is 5.95 Å². The van der Waals surface area contributed by atoms with Gasteiger partial charge in [0, 0.05) is 35.3 Å². The fraction of sp³-hybridized carbons (Fsp3) is 0.150. The Kier molecular flexibility index (Phi) is 4.31. The van der Waals surface area contributed by atoms with Gasteiger partial charge in [0.25, 0.3) is 5.91 Å². The molecule has 2 heterocycles. The largest absolute Gasteiger partial charge is 0.324 e. The lowest BCUT2D eigenvalue weighted by Gasteiger charge is -2.17. The topological polar surface area (TPSA) is 58.1 Å². The number of nitrogens with zero attached hydrogens (tertiary/aromatic N) is 3. The summed E-state index contributed by atoms with van der Waals surface area (Å²) in [7, 11) is 0. The fourth-order valence-electron chi connectivity index (χ4n) is 3.10. The molecule has 0 saturated heterocycles. The third-order valence-corrected chi connectivity index (χ3v) is 4.70. The number of nitrogens with one attached hydrogen (secondary N) is 1. The minimum atomic E-state index is -0.0795. The summed E-state index contributed by atoms with van der Waals surface area (Å²) in [6.45, 7) is 2.64. The first-order valence-electron chi connectivity index (χ1n) is 8.37. The maximum atomic E-state index is 12.8. The van der Waals surface area contributed by atoms with Gasteiger partial charge >= 0.3 is 0 Å². The van der Waals surface area contributed by atoms with Crippen molar-refractivity contribution in [3.05, 3.63) is 76.6 Å². The van der Waals surface area contributed by atoms with E-state index in [0.29, 0.717) is 23.1 Å². The van der Waals surface area contributed by atoms with E-state index in [2.05, 4.69) is 21.4 Å². The number of benzene rings is 2. The van der Waals surface area contributed by atoms with Gasteiger partial charge < -0.3 is 10.2 Å². The molecule has 1 N–H and O–H groups in total. The fourth-order valence-corrected chi connectivity index (χ4v) is 3.32. The highest BCUT2D eigenvalue weighted by Crippen LogP contribution is 2.29. The Morgan fingerprint density at radius 1 is 1.15 bits per heavy atom. The van der Waals surface area contributed by atoms with Crippen LogP contribution in [0.3, 0.4) is 0 Å². The molecule has 0 radical (unpaired) electrons. The van der Waals surface area contributed by atoms with Crippen molar-refractivity contribution in [1.82, 2.24) is 9.97 Å². The molecule has 0 saturated carbocycles. The molecule has 26 heavy (non-hydrogen) atoms. The summed E-state index contributed by atoms with van der Waals surface area (Å²) in [5, 5.41) is 3.83. The maximum Gasteiger partial charge on any atom is 0.261 e. The van der Waals surface area contributed by atoms with E-state index in [0.717, 1.165) is 23.4 Å². The van der Waals surface area contributed by atoms with Crippen LogP contribution in [0.4, 0.5) is 17.3 Å². The van der Waals surface area contributed by atoms with Crippen molar-refractivity contribution in [2.24, 2.45) is 0 Å². The van der Waals surface area contributed by atoms with Crippen LogP contribution in [0.25, 0.3) is 0 Å². The summed E-state index contributed by atoms with van der Waals surface area (Å²) in [4.78, 5) is 23.1. The number of hydrogen-bond donors (Lipinski definition) is 1. The predicted octanol–water partition coefficient (Wildman–Crippen LogP) is 4.38. The molecule has 4 rings (SSSR count). The number of anilines is 3. The first kappa shape index (κ1) is 16.5. The van der Waals surface area contributed by atoms with Crippen LogP contribution in [-0.2, 0) is 6.42 Å². The van der Waals surface area contributed by atoms with E-state index in [4.69, 9.17) is 11.6 Å². The molecule has 3 aromatic rings. The molecule has 130 valence electrons. The summed E-state index contributed by atoms with van der Waals surface area (Å²) >= 11 is 5.97. The summed E-state index contributed by atoms with van der Waals surface area (Å²) < 4.78 is 0. The third-order valence-electron chi connectivity index (χ3n) is 4.47. The smallest absolute Gasteiger partial charge is 0.261 e. The molecule has 5 nitrogen and oxygen atoms in total. The second-order valence-corrected chi connectivity index (χ2v) is 6.65. The summed E-state index contributed by atoms with van der Waals surface area (Å²) in [5.41, 5.74) is 4.51. The zero-order chi connectivity index (χ0) is 18.1. The van der Waals surface area contributed by atoms with Crippen molar-refractivity contribution >= 4 is 34.8 Å². The van der Waals surface area contributed by atoms with Crippen molar-refractivity contribution < 1.29 is 4.79 Å². The number of aromatic nitrogens is 2. The highest BCUT2D eigenvalue weighted by molar-refractivity contribution is 6.30. The zero-order valence-electron chi connectivity index (χ0n) is 14.2. The second-order valence-electron chi connectivity index (χ2n) is 6.22. The van der Waals surface area contributed by atoms with Gasteiger partial charge in [-0.25, -0.2) is 9.97 Å². The van der Waals surface area contributed by atoms with Gasteiger partial charge in [-0.1, -0.05) is 29.8 Å². The average Bonchev–Trinajstić information content (AvgIpc) is 3.08. The van der Waals surface area contributed by atoms with E-state index < -0.39 is 0 Å². The van der Waals surface area contributed by atoms with Crippen LogP contribution in [-0.4, -0.2) is 22.4 Å². The van der Waals surface area contributed by atoms with Gasteiger partial charge in [-0.3, -0.25) is 4.79 Å². The van der Waals surface area contributed by atoms with Gasteiger partial charge in [0.05, 0.1) is 5.56 Å². The highest BCUT2D eigenvalue weighted by atomic mass is 35.5. The Labute approximate surface area is 156 Å². The van der Waals surface area contributed by atoms with E-state index in [-0.39, 0.29) is 5.91 Å². The molecule has 0 bridgehead atoms. The lowest BCUT2D eigenvalue weighted by atomic mass is 10.2. The lowest BCUT2D eigenvalue weighted by molar-refractivity contribution is 0.0988. The Bertz CT molecular complexity index is 972. The number of carbonyl (C=O) groups is 1. The van der Waals surface area contributed by atoms with E-state index >= 15 is 0 Å². The number of fused-ring (bicyclic) bond motifs is 1. The molecular weight excluding hydrogens is 348 g/mol. The Hall–Kier alpha value is -2.92. The maximum absolute atomic E-state index is 12.8. The minimum absolute atomic E-state index is 0.0795. The van der Waals surface area contributed by atoms with Crippen LogP contribution in [0.15, 0.2) is 54.9 Å². The Morgan fingerprint density at radius 3 is 2.69 bits per heavy atom. The lowest BCUT2D eigenvalue weighted by Crippen LogP contribution is -2.29. The zero-order valence-corrected chi connectivity index (χ0v) is 15.0. The van der Waals surface area contributed by atoms with Crippen LogP contribution >= 0.6 is 11.6 Å². The molecule has 2 aromatic carbocycles. The van der Waals surface area contributed by atoms with Crippen LogP contribution in [0, 0.1) is 6.92 Å². The first-order chi connectivity index (χ1) is 12.6. The quantitative estimate of drug-likeness (QED) is 0.749. The summed E-state index contributed by atoms with van der Waals surface area (Å²) in [5.74, 6) is 0.359. The van der Waals surface area contributed by atoms with E-state index in [1.165, 1.54) is 5.56 Å². The molecule has 0 fully saturated rings. The molecule has 0 atom stereocenters. The summed E-state index contributed by atoms with van der Waals surface area (Å²) in [6.07, 6.45) is 3.99. The van der Waals surface area contributed by atoms with E-state index in [9.17, 15) is 4.79 Å². The minimum Gasteiger partial charge on any atom is -0.324 e. The normalized spacial score (nSPS) is 12.8. The molecule has 6 heteroatoms. The Balaban J connectivity index is 1.52. The van der Waals surface area contributed by atoms with Gasteiger partial charge in [0.15, 0.2) is 0 Å². The third kappa shape index (κ3) is 3.13. The van der Waals surface area contributed by atoms with Crippen molar-refractivity contribution in [2.45, 2.75) is 13.3 Å². The van der Waals surface area contributed by atoms with Crippen molar-refractivity contribution in [3.8, 4) is 0 Å². The monoisotopic (exact) mass is 364 g/mol. The van der Waals surface area contributed by atoms with E-state index in [1.54, 1.807) is 23.4 Å². The van der Waals surface area contributed by atoms with Crippen molar-refractivity contribution in [3.63, 3.8) is 0 Å².